The molecule has 2 rings (SSSR count). The van der Waals surface area contributed by atoms with E-state index in [9.17, 15) is 0 Å². The molecule has 1 fully saturated rings. The van der Waals surface area contributed by atoms with Crippen molar-refractivity contribution in [2.24, 2.45) is 0 Å². The van der Waals surface area contributed by atoms with Crippen LogP contribution < -0.4 is 10.2 Å². The molecule has 1 aliphatic heterocycles. The summed E-state index contributed by atoms with van der Waals surface area (Å²) in [5, 5.41) is 4.71. The van der Waals surface area contributed by atoms with Crippen molar-refractivity contribution in [3.63, 3.8) is 0 Å². The summed E-state index contributed by atoms with van der Waals surface area (Å²) in [5.74, 6) is 0. The summed E-state index contributed by atoms with van der Waals surface area (Å²) in [6.07, 6.45) is 3.23. The quantitative estimate of drug-likeness (QED) is 0.925. The molecule has 0 amide bonds. The highest BCUT2D eigenvalue weighted by Gasteiger charge is 2.24. The largest absolute Gasteiger partial charge is 0.345 e. The Kier molecular flexibility index (Phi) is 5.04. The number of thiazole rings is 1. The zero-order chi connectivity index (χ0) is 14.8. The smallest absolute Gasteiger partial charge is 0.185 e. The molecule has 2 heterocycles. The van der Waals surface area contributed by atoms with Gasteiger partial charge in [0.25, 0.3) is 0 Å². The van der Waals surface area contributed by atoms with Gasteiger partial charge in [-0.15, -0.1) is 11.3 Å². The molecule has 1 saturated heterocycles. The molecule has 1 unspecified atom stereocenters. The Labute approximate surface area is 127 Å². The Balaban J connectivity index is 1.95. The van der Waals surface area contributed by atoms with Crippen LogP contribution in [0.4, 0.5) is 5.13 Å². The van der Waals surface area contributed by atoms with Gasteiger partial charge < -0.3 is 10.2 Å². The average molecular weight is 296 g/mol. The normalized spacial score (nSPS) is 21.4. The number of anilines is 1. The Morgan fingerprint density at radius 1 is 1.40 bits per heavy atom. The molecule has 0 bridgehead atoms. The zero-order valence-electron chi connectivity index (χ0n) is 13.4. The lowest BCUT2D eigenvalue weighted by Gasteiger charge is -2.39. The summed E-state index contributed by atoms with van der Waals surface area (Å²) in [7, 11) is 2.23. The second-order valence-corrected chi connectivity index (χ2v) is 7.80. The van der Waals surface area contributed by atoms with Crippen LogP contribution in [0.2, 0.25) is 0 Å². The molecule has 20 heavy (non-hydrogen) atoms. The van der Waals surface area contributed by atoms with Crippen LogP contribution in [0, 0.1) is 0 Å². The van der Waals surface area contributed by atoms with Gasteiger partial charge >= 0.3 is 0 Å². The first-order chi connectivity index (χ1) is 9.39. The Hall–Kier alpha value is -0.650. The van der Waals surface area contributed by atoms with Gasteiger partial charge in [0.15, 0.2) is 5.13 Å². The zero-order valence-corrected chi connectivity index (χ0v) is 14.3. The van der Waals surface area contributed by atoms with Crippen LogP contribution in [-0.2, 0) is 6.54 Å². The monoisotopic (exact) mass is 296 g/mol. The predicted octanol–water partition coefficient (Wildman–Crippen LogP) is 2.56. The van der Waals surface area contributed by atoms with E-state index in [1.165, 1.54) is 16.4 Å². The molecule has 0 radical (unpaired) electrons. The second-order valence-electron chi connectivity index (χ2n) is 6.70. The molecule has 1 aliphatic rings. The fraction of sp³-hybridized carbons (Fsp3) is 0.800. The van der Waals surface area contributed by atoms with Gasteiger partial charge in [0.2, 0.25) is 0 Å². The SMILES string of the molecule is CCC1CN(c2ncc(CNC(C)(C)C)s2)CCN1C. The molecule has 1 aromatic rings. The fourth-order valence-electron chi connectivity index (χ4n) is 2.44. The lowest BCUT2D eigenvalue weighted by molar-refractivity contribution is 0.213. The van der Waals surface area contributed by atoms with E-state index in [0.717, 1.165) is 26.2 Å². The van der Waals surface area contributed by atoms with Gasteiger partial charge in [-0.25, -0.2) is 4.98 Å². The summed E-state index contributed by atoms with van der Waals surface area (Å²) < 4.78 is 0. The second kappa shape index (κ2) is 6.41. The van der Waals surface area contributed by atoms with Crippen LogP contribution in [0.25, 0.3) is 0 Å². The van der Waals surface area contributed by atoms with Gasteiger partial charge in [-0.3, -0.25) is 4.90 Å². The highest BCUT2D eigenvalue weighted by Crippen LogP contribution is 2.25. The minimum atomic E-state index is 0.158. The van der Waals surface area contributed by atoms with Crippen LogP contribution in [0.15, 0.2) is 6.20 Å². The number of hydrogen-bond acceptors (Lipinski definition) is 5. The molecule has 0 spiro atoms. The van der Waals surface area contributed by atoms with Crippen molar-refractivity contribution in [2.75, 3.05) is 31.6 Å². The average Bonchev–Trinajstić information content (AvgIpc) is 2.85. The van der Waals surface area contributed by atoms with Crippen molar-refractivity contribution in [1.29, 1.82) is 0 Å². The highest BCUT2D eigenvalue weighted by molar-refractivity contribution is 7.15. The van der Waals surface area contributed by atoms with E-state index in [1.54, 1.807) is 0 Å². The van der Waals surface area contributed by atoms with Gasteiger partial charge in [0.1, 0.15) is 0 Å². The summed E-state index contributed by atoms with van der Waals surface area (Å²) in [6, 6.07) is 0.656. The third-order valence-corrected chi connectivity index (χ3v) is 4.91. The first-order valence-corrected chi connectivity index (χ1v) is 8.35. The van der Waals surface area contributed by atoms with Crippen molar-refractivity contribution < 1.29 is 0 Å². The minimum Gasteiger partial charge on any atom is -0.345 e. The maximum atomic E-state index is 4.62. The standard InChI is InChI=1S/C15H28N4S/c1-6-12-11-19(8-7-18(12)5)14-16-9-13(20-14)10-17-15(2,3)4/h9,12,17H,6-8,10-11H2,1-5H3. The highest BCUT2D eigenvalue weighted by atomic mass is 32.1. The Morgan fingerprint density at radius 2 is 2.15 bits per heavy atom. The minimum absolute atomic E-state index is 0.158. The molecule has 0 aromatic carbocycles. The molecule has 1 N–H and O–H groups in total. The first kappa shape index (κ1) is 15.7. The summed E-state index contributed by atoms with van der Waals surface area (Å²) in [4.78, 5) is 10.8. The summed E-state index contributed by atoms with van der Waals surface area (Å²) in [5.41, 5.74) is 0.158. The molecule has 5 heteroatoms. The third-order valence-electron chi connectivity index (χ3n) is 3.85. The first-order valence-electron chi connectivity index (χ1n) is 7.54. The van der Waals surface area contributed by atoms with Crippen LogP contribution in [0.1, 0.15) is 39.0 Å². The topological polar surface area (TPSA) is 31.4 Å². The maximum absolute atomic E-state index is 4.62. The Bertz CT molecular complexity index is 424. The molecule has 0 aliphatic carbocycles. The lowest BCUT2D eigenvalue weighted by atomic mass is 10.1. The molecule has 4 nitrogen and oxygen atoms in total. The molecular weight excluding hydrogens is 268 g/mol. The van der Waals surface area contributed by atoms with E-state index < -0.39 is 0 Å². The van der Waals surface area contributed by atoms with Crippen LogP contribution >= 0.6 is 11.3 Å². The van der Waals surface area contributed by atoms with Gasteiger partial charge in [0.05, 0.1) is 0 Å². The van der Waals surface area contributed by atoms with E-state index in [2.05, 4.69) is 54.8 Å². The number of piperazine rings is 1. The van der Waals surface area contributed by atoms with E-state index in [-0.39, 0.29) is 5.54 Å². The number of aromatic nitrogens is 1. The van der Waals surface area contributed by atoms with Crippen molar-refractivity contribution >= 4 is 16.5 Å². The Morgan fingerprint density at radius 3 is 2.80 bits per heavy atom. The van der Waals surface area contributed by atoms with Crippen molar-refractivity contribution in [1.82, 2.24) is 15.2 Å². The van der Waals surface area contributed by atoms with Crippen molar-refractivity contribution in [3.05, 3.63) is 11.1 Å². The van der Waals surface area contributed by atoms with E-state index in [4.69, 9.17) is 0 Å². The van der Waals surface area contributed by atoms with Gasteiger partial charge in [-0.2, -0.15) is 0 Å². The molecule has 114 valence electrons. The summed E-state index contributed by atoms with van der Waals surface area (Å²) in [6.45, 7) is 13.1. The van der Waals surface area contributed by atoms with Gasteiger partial charge in [-0.1, -0.05) is 6.92 Å². The summed E-state index contributed by atoms with van der Waals surface area (Å²) >= 11 is 1.83. The molecular formula is C15H28N4S. The molecule has 1 aromatic heterocycles. The molecule has 0 saturated carbocycles. The van der Waals surface area contributed by atoms with Gasteiger partial charge in [0, 0.05) is 48.8 Å². The van der Waals surface area contributed by atoms with Crippen molar-refractivity contribution in [3.8, 4) is 0 Å². The van der Waals surface area contributed by atoms with Gasteiger partial charge in [-0.05, 0) is 34.2 Å². The van der Waals surface area contributed by atoms with Crippen LogP contribution in [-0.4, -0.2) is 48.1 Å². The van der Waals surface area contributed by atoms with Crippen LogP contribution in [0.3, 0.4) is 0 Å². The third kappa shape index (κ3) is 4.17. The van der Waals surface area contributed by atoms with E-state index in [1.807, 2.05) is 17.5 Å². The predicted molar refractivity (Wildman–Crippen MR) is 87.6 cm³/mol. The number of hydrogen-bond donors (Lipinski definition) is 1. The van der Waals surface area contributed by atoms with E-state index in [0.29, 0.717) is 6.04 Å². The number of nitrogens with one attached hydrogen (secondary N) is 1. The lowest BCUT2D eigenvalue weighted by Crippen LogP contribution is -2.51. The fourth-order valence-corrected chi connectivity index (χ4v) is 3.32. The molecule has 1 atom stereocenters. The number of nitrogens with zero attached hydrogens (tertiary/aromatic N) is 3. The number of likely N-dealkylation sites (N-methyl/N-ethyl adjacent to an activating group) is 1. The van der Waals surface area contributed by atoms with E-state index >= 15 is 0 Å². The number of rotatable bonds is 4. The van der Waals surface area contributed by atoms with Crippen molar-refractivity contribution in [2.45, 2.75) is 52.2 Å². The van der Waals surface area contributed by atoms with Crippen LogP contribution in [0.5, 0.6) is 0 Å². The maximum Gasteiger partial charge on any atom is 0.185 e.